The number of hydrogen-bond donors (Lipinski definition) is 0. The highest BCUT2D eigenvalue weighted by atomic mass is 127. The highest BCUT2D eigenvalue weighted by Crippen LogP contribution is 2.38. The van der Waals surface area contributed by atoms with Crippen LogP contribution in [0.3, 0.4) is 0 Å². The molecule has 1 aliphatic rings. The van der Waals surface area contributed by atoms with Crippen molar-refractivity contribution in [2.75, 3.05) is 19.2 Å². The lowest BCUT2D eigenvalue weighted by Crippen LogP contribution is -2.19. The maximum Gasteiger partial charge on any atom is 0.197 e. The van der Waals surface area contributed by atoms with Gasteiger partial charge in [0.2, 0.25) is 0 Å². The first kappa shape index (κ1) is 16.7. The van der Waals surface area contributed by atoms with Crippen molar-refractivity contribution in [2.45, 2.75) is 18.1 Å². The summed E-state index contributed by atoms with van der Waals surface area (Å²) in [6, 6.07) is 13.8. The summed E-state index contributed by atoms with van der Waals surface area (Å²) in [7, 11) is 0. The van der Waals surface area contributed by atoms with Crippen molar-refractivity contribution in [3.8, 4) is 17.2 Å². The molecule has 1 unspecified atom stereocenters. The van der Waals surface area contributed by atoms with E-state index in [-0.39, 0.29) is 6.29 Å². The van der Waals surface area contributed by atoms with E-state index in [1.54, 1.807) is 11.8 Å². The largest absolute Gasteiger partial charge is 0.491 e. The number of thioether (sulfide) groups is 1. The van der Waals surface area contributed by atoms with Crippen LogP contribution < -0.4 is 14.2 Å². The zero-order chi connectivity index (χ0) is 16.1. The van der Waals surface area contributed by atoms with Crippen molar-refractivity contribution < 1.29 is 18.9 Å². The molecule has 23 heavy (non-hydrogen) atoms. The number of ether oxygens (including phenoxy) is 4. The van der Waals surface area contributed by atoms with Gasteiger partial charge in [-0.15, -0.1) is 0 Å². The van der Waals surface area contributed by atoms with E-state index in [9.17, 15) is 0 Å². The Hall–Kier alpha value is -1.12. The topological polar surface area (TPSA) is 36.9 Å². The minimum Gasteiger partial charge on any atom is -0.491 e. The van der Waals surface area contributed by atoms with Crippen molar-refractivity contribution in [1.82, 2.24) is 0 Å². The van der Waals surface area contributed by atoms with Crippen LogP contribution in [0.2, 0.25) is 0 Å². The molecule has 0 amide bonds. The first-order valence-corrected chi connectivity index (χ1v) is 9.33. The van der Waals surface area contributed by atoms with Gasteiger partial charge in [0.25, 0.3) is 0 Å². The van der Waals surface area contributed by atoms with E-state index in [1.807, 2.05) is 49.4 Å². The van der Waals surface area contributed by atoms with Crippen LogP contribution in [0.1, 0.15) is 6.92 Å². The van der Waals surface area contributed by atoms with E-state index in [2.05, 4.69) is 22.6 Å². The van der Waals surface area contributed by atoms with Crippen molar-refractivity contribution in [2.24, 2.45) is 0 Å². The molecule has 1 aliphatic heterocycles. The van der Waals surface area contributed by atoms with E-state index >= 15 is 0 Å². The molecule has 122 valence electrons. The summed E-state index contributed by atoms with van der Waals surface area (Å²) >= 11 is 3.95. The summed E-state index contributed by atoms with van der Waals surface area (Å²) in [4.78, 5) is 1.15. The Morgan fingerprint density at radius 3 is 2.74 bits per heavy atom. The molecule has 1 atom stereocenters. The molecule has 0 saturated heterocycles. The molecule has 1 heterocycles. The summed E-state index contributed by atoms with van der Waals surface area (Å²) in [6.07, 6.45) is -0.345. The van der Waals surface area contributed by atoms with Gasteiger partial charge in [0, 0.05) is 9.64 Å². The van der Waals surface area contributed by atoms with E-state index < -0.39 is 0 Å². The molecule has 0 bridgehead atoms. The fraction of sp³-hybridized carbons (Fsp3) is 0.294. The number of hydrogen-bond acceptors (Lipinski definition) is 5. The quantitative estimate of drug-likeness (QED) is 0.356. The molecular weight excluding hydrogens is 427 g/mol. The molecule has 2 aromatic rings. The maximum absolute atomic E-state index is 5.74. The van der Waals surface area contributed by atoms with Gasteiger partial charge in [-0.25, -0.2) is 0 Å². The molecule has 0 N–H and O–H groups in total. The monoisotopic (exact) mass is 444 g/mol. The zero-order valence-corrected chi connectivity index (χ0v) is 15.6. The molecule has 0 radical (unpaired) electrons. The average Bonchev–Trinajstić information content (AvgIpc) is 3.01. The Balaban J connectivity index is 1.39. The van der Waals surface area contributed by atoms with E-state index in [4.69, 9.17) is 18.9 Å². The Bertz CT molecular complexity index is 648. The highest BCUT2D eigenvalue weighted by Gasteiger charge is 2.14. The zero-order valence-electron chi connectivity index (χ0n) is 12.7. The number of halogens is 1. The molecule has 6 heteroatoms. The Kier molecular flexibility index (Phi) is 5.91. The minimum absolute atomic E-state index is 0.345. The second-order valence-corrected chi connectivity index (χ2v) is 7.08. The van der Waals surface area contributed by atoms with Crippen molar-refractivity contribution in [3.63, 3.8) is 0 Å². The van der Waals surface area contributed by atoms with Crippen LogP contribution in [0, 0.1) is 3.57 Å². The summed E-state index contributed by atoms with van der Waals surface area (Å²) in [6.45, 7) is 2.82. The van der Waals surface area contributed by atoms with E-state index in [0.29, 0.717) is 19.2 Å². The van der Waals surface area contributed by atoms with Gasteiger partial charge in [0.05, 0.1) is 11.5 Å². The van der Waals surface area contributed by atoms with Crippen molar-refractivity contribution >= 4 is 34.4 Å². The second-order valence-electron chi connectivity index (χ2n) is 4.87. The average molecular weight is 444 g/mol. The fourth-order valence-corrected chi connectivity index (χ4v) is 3.18. The fourth-order valence-electron chi connectivity index (χ4n) is 2.08. The van der Waals surface area contributed by atoms with E-state index in [0.717, 1.165) is 22.1 Å². The summed E-state index contributed by atoms with van der Waals surface area (Å²) in [5.41, 5.74) is 0. The van der Waals surface area contributed by atoms with Gasteiger partial charge in [0.1, 0.15) is 29.8 Å². The van der Waals surface area contributed by atoms with Crippen molar-refractivity contribution in [3.05, 3.63) is 46.0 Å². The predicted octanol–water partition coefficient (Wildman–Crippen LogP) is 4.55. The molecule has 0 saturated carbocycles. The first-order chi connectivity index (χ1) is 11.2. The van der Waals surface area contributed by atoms with Gasteiger partial charge in [0.15, 0.2) is 6.29 Å². The smallest absolute Gasteiger partial charge is 0.197 e. The van der Waals surface area contributed by atoms with E-state index in [1.165, 1.54) is 3.57 Å². The standard InChI is InChI=1S/C17H17IO4S/c1-12(19-8-9-20-14-4-2-13(18)3-5-14)22-15-6-7-17-16(10-15)21-11-23-17/h2-7,10,12H,8-9,11H2,1H3. The van der Waals surface area contributed by atoms with Crippen LogP contribution in [0.5, 0.6) is 17.2 Å². The third kappa shape index (κ3) is 4.92. The highest BCUT2D eigenvalue weighted by molar-refractivity contribution is 14.1. The maximum atomic E-state index is 5.74. The van der Waals surface area contributed by atoms with Gasteiger partial charge < -0.3 is 18.9 Å². The summed E-state index contributed by atoms with van der Waals surface area (Å²) in [5.74, 6) is 3.13. The number of rotatable bonds is 7. The molecule has 4 nitrogen and oxygen atoms in total. The lowest BCUT2D eigenvalue weighted by Gasteiger charge is -2.16. The molecule has 0 fully saturated rings. The van der Waals surface area contributed by atoms with Gasteiger partial charge >= 0.3 is 0 Å². The number of fused-ring (bicyclic) bond motifs is 1. The molecule has 0 aromatic heterocycles. The molecular formula is C17H17IO4S. The normalized spacial score (nSPS) is 14.0. The Morgan fingerprint density at radius 1 is 1.13 bits per heavy atom. The van der Waals surface area contributed by atoms with Gasteiger partial charge in [-0.1, -0.05) is 11.8 Å². The van der Waals surface area contributed by atoms with Crippen LogP contribution in [0.25, 0.3) is 0 Å². The summed E-state index contributed by atoms with van der Waals surface area (Å²) in [5, 5.41) is 0. The molecule has 3 rings (SSSR count). The third-order valence-electron chi connectivity index (χ3n) is 3.16. The lowest BCUT2D eigenvalue weighted by atomic mass is 10.3. The van der Waals surface area contributed by atoms with Crippen LogP contribution in [-0.2, 0) is 4.74 Å². The van der Waals surface area contributed by atoms with Gasteiger partial charge in [-0.05, 0) is 65.9 Å². The Morgan fingerprint density at radius 2 is 1.91 bits per heavy atom. The first-order valence-electron chi connectivity index (χ1n) is 7.27. The van der Waals surface area contributed by atoms with Crippen LogP contribution in [0.4, 0.5) is 0 Å². The Labute approximate surface area is 153 Å². The van der Waals surface area contributed by atoms with Crippen LogP contribution >= 0.6 is 34.4 Å². The summed E-state index contributed by atoms with van der Waals surface area (Å²) < 4.78 is 23.7. The molecule has 0 aliphatic carbocycles. The predicted molar refractivity (Wildman–Crippen MR) is 98.5 cm³/mol. The molecule has 0 spiro atoms. The minimum atomic E-state index is -0.345. The van der Waals surface area contributed by atoms with Gasteiger partial charge in [-0.3, -0.25) is 0 Å². The molecule has 2 aromatic carbocycles. The van der Waals surface area contributed by atoms with Crippen LogP contribution in [-0.4, -0.2) is 25.4 Å². The third-order valence-corrected chi connectivity index (χ3v) is 4.77. The van der Waals surface area contributed by atoms with Crippen LogP contribution in [0.15, 0.2) is 47.4 Å². The lowest BCUT2D eigenvalue weighted by molar-refractivity contribution is -0.0739. The second kappa shape index (κ2) is 8.12. The SMILES string of the molecule is CC(OCCOc1ccc(I)cc1)Oc1ccc2c(c1)OCS2. The number of benzene rings is 2. The van der Waals surface area contributed by atoms with Crippen molar-refractivity contribution in [1.29, 1.82) is 0 Å². The van der Waals surface area contributed by atoms with Gasteiger partial charge in [-0.2, -0.15) is 0 Å².